The molecule has 0 spiro atoms. The molecular weight excluding hydrogens is 511 g/mol. The number of carbonyl (C=O) groups is 1. The average molecular weight is 541 g/mol. The highest BCUT2D eigenvalue weighted by molar-refractivity contribution is 5.89. The first-order valence-electron chi connectivity index (χ1n) is 13.2. The summed E-state index contributed by atoms with van der Waals surface area (Å²) in [4.78, 5) is 33.5. The van der Waals surface area contributed by atoms with E-state index in [0.717, 1.165) is 41.7 Å². The quantitative estimate of drug-likeness (QED) is 0.259. The van der Waals surface area contributed by atoms with E-state index < -0.39 is 12.3 Å². The lowest BCUT2D eigenvalue weighted by Crippen LogP contribution is -2.33. The SMILES string of the molecule is O=C(Nc1c[nH]c(=O)c(-c2cc3cc(CN4CCC(F)CC4)ccc3[nH]2)c1)Oc1cnn(Cc2ccccc2)c1. The number of halogens is 1. The van der Waals surface area contributed by atoms with Gasteiger partial charge in [-0.15, -0.1) is 0 Å². The molecule has 1 aliphatic rings. The van der Waals surface area contributed by atoms with E-state index in [2.05, 4.69) is 31.3 Å². The second kappa shape index (κ2) is 11.2. The second-order valence-corrected chi connectivity index (χ2v) is 10.1. The first-order valence-corrected chi connectivity index (χ1v) is 13.2. The molecule has 3 aromatic heterocycles. The maximum absolute atomic E-state index is 13.5. The van der Waals surface area contributed by atoms with Gasteiger partial charge in [0, 0.05) is 36.7 Å². The zero-order valence-electron chi connectivity index (χ0n) is 21.8. The highest BCUT2D eigenvalue weighted by atomic mass is 19.1. The number of nitrogens with zero attached hydrogens (tertiary/aromatic N) is 3. The van der Waals surface area contributed by atoms with Gasteiger partial charge in [0.15, 0.2) is 5.75 Å². The van der Waals surface area contributed by atoms with Crippen LogP contribution in [0.5, 0.6) is 5.75 Å². The zero-order valence-corrected chi connectivity index (χ0v) is 21.8. The van der Waals surface area contributed by atoms with E-state index in [1.807, 2.05) is 48.5 Å². The molecule has 1 aliphatic heterocycles. The summed E-state index contributed by atoms with van der Waals surface area (Å²) in [6.45, 7) is 2.83. The van der Waals surface area contributed by atoms with Crippen molar-refractivity contribution in [2.75, 3.05) is 18.4 Å². The molecule has 1 saturated heterocycles. The van der Waals surface area contributed by atoms with Crippen molar-refractivity contribution >= 4 is 22.7 Å². The number of amides is 1. The topological polar surface area (TPSA) is 108 Å². The van der Waals surface area contributed by atoms with Crippen molar-refractivity contribution in [3.05, 3.63) is 101 Å². The molecule has 9 nitrogen and oxygen atoms in total. The fourth-order valence-corrected chi connectivity index (χ4v) is 5.00. The monoisotopic (exact) mass is 540 g/mol. The zero-order chi connectivity index (χ0) is 27.5. The van der Waals surface area contributed by atoms with E-state index in [1.54, 1.807) is 16.9 Å². The molecule has 10 heteroatoms. The number of H-pyrrole nitrogens is 2. The molecule has 0 radical (unpaired) electrons. The van der Waals surface area contributed by atoms with Gasteiger partial charge in [0.2, 0.25) is 0 Å². The van der Waals surface area contributed by atoms with E-state index >= 15 is 0 Å². The molecule has 40 heavy (non-hydrogen) atoms. The number of aromatic nitrogens is 4. The Balaban J connectivity index is 1.12. The summed E-state index contributed by atoms with van der Waals surface area (Å²) in [5, 5.41) is 7.88. The first kappa shape index (κ1) is 25.6. The number of alkyl halides is 1. The highest BCUT2D eigenvalue weighted by Crippen LogP contribution is 2.26. The number of fused-ring (bicyclic) bond motifs is 1. The summed E-state index contributed by atoms with van der Waals surface area (Å²) in [6, 6.07) is 19.5. The lowest BCUT2D eigenvalue weighted by molar-refractivity contribution is 0.145. The number of ether oxygens (including phenoxy) is 1. The summed E-state index contributed by atoms with van der Waals surface area (Å²) >= 11 is 0. The number of pyridine rings is 1. The van der Waals surface area contributed by atoms with Gasteiger partial charge in [0.1, 0.15) is 6.17 Å². The Bertz CT molecular complexity index is 1680. The third-order valence-corrected chi connectivity index (χ3v) is 7.06. The molecule has 5 aromatic rings. The van der Waals surface area contributed by atoms with Crippen LogP contribution in [0, 0.1) is 0 Å². The predicted octanol–water partition coefficient (Wildman–Crippen LogP) is 5.31. The third kappa shape index (κ3) is 5.97. The number of likely N-dealkylation sites (tertiary alicyclic amines) is 1. The van der Waals surface area contributed by atoms with Crippen molar-refractivity contribution in [1.82, 2.24) is 24.6 Å². The summed E-state index contributed by atoms with van der Waals surface area (Å²) in [5.41, 5.74) is 4.21. The number of carbonyl (C=O) groups excluding carboxylic acids is 1. The number of hydrogen-bond donors (Lipinski definition) is 3. The Morgan fingerprint density at radius 1 is 1.05 bits per heavy atom. The normalized spacial score (nSPS) is 14.4. The Morgan fingerprint density at radius 2 is 1.88 bits per heavy atom. The maximum Gasteiger partial charge on any atom is 0.417 e. The van der Waals surface area contributed by atoms with Crippen molar-refractivity contribution in [2.24, 2.45) is 0 Å². The number of anilines is 1. The molecule has 1 fully saturated rings. The van der Waals surface area contributed by atoms with Crippen molar-refractivity contribution in [1.29, 1.82) is 0 Å². The Morgan fingerprint density at radius 3 is 2.70 bits per heavy atom. The number of nitrogens with one attached hydrogen (secondary N) is 3. The standard InChI is InChI=1S/C30H29FN6O3/c31-23-8-10-36(11-9-23)17-21-6-7-27-22(12-21)13-28(35-27)26-14-24(15-32-29(26)38)34-30(39)40-25-16-33-37(19-25)18-20-4-2-1-3-5-20/h1-7,12-16,19,23,35H,8-11,17-18H2,(H,32,38)(H,34,39). The lowest BCUT2D eigenvalue weighted by Gasteiger charge is -2.28. The van der Waals surface area contributed by atoms with E-state index in [4.69, 9.17) is 4.74 Å². The number of aromatic amines is 2. The number of benzene rings is 2. The van der Waals surface area contributed by atoms with Gasteiger partial charge in [-0.3, -0.25) is 19.7 Å². The van der Waals surface area contributed by atoms with Crippen LogP contribution in [0.3, 0.4) is 0 Å². The van der Waals surface area contributed by atoms with Crippen LogP contribution in [0.2, 0.25) is 0 Å². The van der Waals surface area contributed by atoms with Crippen LogP contribution in [0.15, 0.2) is 84.0 Å². The first-order chi connectivity index (χ1) is 19.5. The van der Waals surface area contributed by atoms with E-state index in [0.29, 0.717) is 42.1 Å². The van der Waals surface area contributed by atoms with Crippen LogP contribution in [0.1, 0.15) is 24.0 Å². The Hall–Kier alpha value is -4.70. The number of piperidine rings is 1. The van der Waals surface area contributed by atoms with Crippen molar-refractivity contribution in [3.63, 3.8) is 0 Å². The third-order valence-electron chi connectivity index (χ3n) is 7.06. The van der Waals surface area contributed by atoms with E-state index in [9.17, 15) is 14.0 Å². The van der Waals surface area contributed by atoms with E-state index in [1.165, 1.54) is 12.4 Å². The number of rotatable bonds is 7. The molecule has 4 heterocycles. The molecule has 0 saturated carbocycles. The molecule has 0 aliphatic carbocycles. The summed E-state index contributed by atoms with van der Waals surface area (Å²) in [5.74, 6) is 0.304. The Kier molecular flexibility index (Phi) is 7.15. The summed E-state index contributed by atoms with van der Waals surface area (Å²) in [6.07, 6.45) is 4.31. The fourth-order valence-electron chi connectivity index (χ4n) is 5.00. The minimum absolute atomic E-state index is 0.290. The van der Waals surface area contributed by atoms with Crippen LogP contribution in [-0.4, -0.2) is 50.0 Å². The molecule has 0 bridgehead atoms. The maximum atomic E-state index is 13.5. The molecule has 204 valence electrons. The van der Waals surface area contributed by atoms with Gasteiger partial charge in [-0.05, 0) is 48.2 Å². The smallest absolute Gasteiger partial charge is 0.407 e. The van der Waals surface area contributed by atoms with Gasteiger partial charge in [-0.25, -0.2) is 9.18 Å². The van der Waals surface area contributed by atoms with E-state index in [-0.39, 0.29) is 5.56 Å². The Labute approximate surface area is 229 Å². The minimum atomic E-state index is -0.699. The van der Waals surface area contributed by atoms with Gasteiger partial charge in [-0.1, -0.05) is 36.4 Å². The average Bonchev–Trinajstić information content (AvgIpc) is 3.58. The second-order valence-electron chi connectivity index (χ2n) is 10.1. The predicted molar refractivity (Wildman–Crippen MR) is 151 cm³/mol. The van der Waals surface area contributed by atoms with Gasteiger partial charge < -0.3 is 14.7 Å². The van der Waals surface area contributed by atoms with Crippen LogP contribution in [-0.2, 0) is 13.1 Å². The fraction of sp³-hybridized carbons (Fsp3) is 0.233. The van der Waals surface area contributed by atoms with Crippen LogP contribution < -0.4 is 15.6 Å². The van der Waals surface area contributed by atoms with Gasteiger partial charge in [0.25, 0.3) is 5.56 Å². The van der Waals surface area contributed by atoms with Gasteiger partial charge >= 0.3 is 6.09 Å². The molecule has 2 aromatic carbocycles. The molecule has 3 N–H and O–H groups in total. The molecule has 0 unspecified atom stereocenters. The number of hydrogen-bond acceptors (Lipinski definition) is 5. The summed E-state index contributed by atoms with van der Waals surface area (Å²) in [7, 11) is 0. The lowest BCUT2D eigenvalue weighted by atomic mass is 10.1. The molecule has 1 amide bonds. The van der Waals surface area contributed by atoms with Gasteiger partial charge in [-0.2, -0.15) is 5.10 Å². The van der Waals surface area contributed by atoms with Crippen LogP contribution in [0.25, 0.3) is 22.2 Å². The van der Waals surface area contributed by atoms with Crippen molar-refractivity contribution in [2.45, 2.75) is 32.1 Å². The van der Waals surface area contributed by atoms with Crippen molar-refractivity contribution < 1.29 is 13.9 Å². The molecule has 0 atom stereocenters. The highest BCUT2D eigenvalue weighted by Gasteiger charge is 2.18. The molecular formula is C30H29FN6O3. The van der Waals surface area contributed by atoms with Crippen LogP contribution >= 0.6 is 0 Å². The largest absolute Gasteiger partial charge is 0.417 e. The summed E-state index contributed by atoms with van der Waals surface area (Å²) < 4.78 is 20.5. The molecule has 6 rings (SSSR count). The van der Waals surface area contributed by atoms with Crippen molar-refractivity contribution in [3.8, 4) is 17.0 Å². The van der Waals surface area contributed by atoms with Crippen LogP contribution in [0.4, 0.5) is 14.9 Å². The van der Waals surface area contributed by atoms with Gasteiger partial charge in [0.05, 0.1) is 35.9 Å². The minimum Gasteiger partial charge on any atom is -0.407 e.